The highest BCUT2D eigenvalue weighted by Gasteiger charge is 2.09. The number of ether oxygens (including phenoxy) is 2. The van der Waals surface area contributed by atoms with Crippen molar-refractivity contribution in [3.05, 3.63) is 0 Å². The highest BCUT2D eigenvalue weighted by Crippen LogP contribution is 1.99. The van der Waals surface area contributed by atoms with E-state index in [-0.39, 0.29) is 18.2 Å². The van der Waals surface area contributed by atoms with Crippen molar-refractivity contribution in [3.8, 4) is 0 Å². The van der Waals surface area contributed by atoms with Crippen LogP contribution in [-0.4, -0.2) is 38.0 Å². The number of amides is 1. The molecule has 0 saturated heterocycles. The van der Waals surface area contributed by atoms with Crippen molar-refractivity contribution in [2.24, 2.45) is 5.73 Å². The normalized spacial score (nSPS) is 12.8. The number of hydrogen-bond acceptors (Lipinski definition) is 4. The standard InChI is InChI=1S/C12H26N2O3/c1-4-16-12(17-5-2)9-14-11(15)8-6-7-10(3)13/h10,12H,4-9,13H2,1-3H3,(H,14,15). The molecule has 0 rings (SSSR count). The van der Waals surface area contributed by atoms with Crippen LogP contribution in [0.1, 0.15) is 40.0 Å². The second-order valence-electron chi connectivity index (χ2n) is 4.01. The Morgan fingerprint density at radius 1 is 1.29 bits per heavy atom. The number of carbonyl (C=O) groups excluding carboxylic acids is 1. The van der Waals surface area contributed by atoms with Crippen molar-refractivity contribution in [2.45, 2.75) is 52.4 Å². The van der Waals surface area contributed by atoms with E-state index in [1.54, 1.807) is 0 Å². The molecule has 0 heterocycles. The fourth-order valence-corrected chi connectivity index (χ4v) is 1.41. The number of nitrogens with one attached hydrogen (secondary N) is 1. The maximum atomic E-state index is 11.5. The Bertz CT molecular complexity index is 192. The van der Waals surface area contributed by atoms with Gasteiger partial charge in [-0.05, 0) is 33.6 Å². The first-order valence-electron chi connectivity index (χ1n) is 6.35. The molecule has 0 aliphatic carbocycles. The fraction of sp³-hybridized carbons (Fsp3) is 0.917. The molecule has 0 fully saturated rings. The van der Waals surface area contributed by atoms with Gasteiger partial charge in [-0.2, -0.15) is 0 Å². The van der Waals surface area contributed by atoms with Crippen LogP contribution in [-0.2, 0) is 14.3 Å². The average Bonchev–Trinajstić information content (AvgIpc) is 2.26. The summed E-state index contributed by atoms with van der Waals surface area (Å²) in [5.74, 6) is 0.0232. The van der Waals surface area contributed by atoms with Gasteiger partial charge >= 0.3 is 0 Å². The van der Waals surface area contributed by atoms with Gasteiger partial charge in [-0.25, -0.2) is 0 Å². The van der Waals surface area contributed by atoms with E-state index in [0.717, 1.165) is 12.8 Å². The molecule has 3 N–H and O–H groups in total. The molecular weight excluding hydrogens is 220 g/mol. The minimum absolute atomic E-state index is 0.0232. The van der Waals surface area contributed by atoms with Crippen LogP contribution in [0.25, 0.3) is 0 Å². The summed E-state index contributed by atoms with van der Waals surface area (Å²) in [4.78, 5) is 11.5. The van der Waals surface area contributed by atoms with E-state index in [0.29, 0.717) is 26.2 Å². The van der Waals surface area contributed by atoms with Crippen LogP contribution in [0.5, 0.6) is 0 Å². The molecule has 0 spiro atoms. The van der Waals surface area contributed by atoms with E-state index < -0.39 is 0 Å². The molecule has 0 aliphatic rings. The van der Waals surface area contributed by atoms with Crippen LogP contribution in [0.2, 0.25) is 0 Å². The molecule has 5 heteroatoms. The van der Waals surface area contributed by atoms with Gasteiger partial charge in [0.05, 0.1) is 6.54 Å². The van der Waals surface area contributed by atoms with Crippen LogP contribution in [0.4, 0.5) is 0 Å². The van der Waals surface area contributed by atoms with Crippen molar-refractivity contribution in [2.75, 3.05) is 19.8 Å². The zero-order valence-electron chi connectivity index (χ0n) is 11.2. The Morgan fingerprint density at radius 2 is 1.88 bits per heavy atom. The second-order valence-corrected chi connectivity index (χ2v) is 4.01. The van der Waals surface area contributed by atoms with Gasteiger partial charge in [0.2, 0.25) is 5.91 Å². The van der Waals surface area contributed by atoms with Crippen LogP contribution in [0.15, 0.2) is 0 Å². The van der Waals surface area contributed by atoms with Gasteiger partial charge in [0.1, 0.15) is 0 Å². The molecule has 0 aromatic heterocycles. The Kier molecular flexibility index (Phi) is 10.1. The smallest absolute Gasteiger partial charge is 0.220 e. The molecule has 0 saturated carbocycles. The van der Waals surface area contributed by atoms with Gasteiger partial charge in [0.15, 0.2) is 6.29 Å². The summed E-state index contributed by atoms with van der Waals surface area (Å²) in [6.45, 7) is 7.29. The van der Waals surface area contributed by atoms with Crippen LogP contribution >= 0.6 is 0 Å². The first-order chi connectivity index (χ1) is 8.10. The van der Waals surface area contributed by atoms with Gasteiger partial charge in [0.25, 0.3) is 0 Å². The molecule has 102 valence electrons. The van der Waals surface area contributed by atoms with Gasteiger partial charge in [-0.3, -0.25) is 4.79 Å². The number of nitrogens with two attached hydrogens (primary N) is 1. The number of hydrogen-bond donors (Lipinski definition) is 2. The lowest BCUT2D eigenvalue weighted by Crippen LogP contribution is -2.35. The van der Waals surface area contributed by atoms with Crippen LogP contribution < -0.4 is 11.1 Å². The molecule has 0 aliphatic heterocycles. The predicted molar refractivity (Wildman–Crippen MR) is 67.6 cm³/mol. The van der Waals surface area contributed by atoms with Crippen molar-refractivity contribution in [1.29, 1.82) is 0 Å². The lowest BCUT2D eigenvalue weighted by Gasteiger charge is -2.17. The summed E-state index contributed by atoms with van der Waals surface area (Å²) in [6.07, 6.45) is 1.85. The lowest BCUT2D eigenvalue weighted by atomic mass is 10.1. The summed E-state index contributed by atoms with van der Waals surface area (Å²) < 4.78 is 10.6. The molecular formula is C12H26N2O3. The Labute approximate surface area is 104 Å². The molecule has 1 unspecified atom stereocenters. The molecule has 1 atom stereocenters. The summed E-state index contributed by atoms with van der Waals surface area (Å²) >= 11 is 0. The largest absolute Gasteiger partial charge is 0.351 e. The van der Waals surface area contributed by atoms with Crippen molar-refractivity contribution in [3.63, 3.8) is 0 Å². The van der Waals surface area contributed by atoms with E-state index in [4.69, 9.17) is 15.2 Å². The van der Waals surface area contributed by atoms with E-state index >= 15 is 0 Å². The van der Waals surface area contributed by atoms with Crippen LogP contribution in [0.3, 0.4) is 0 Å². The minimum Gasteiger partial charge on any atom is -0.351 e. The minimum atomic E-state index is -0.345. The van der Waals surface area contributed by atoms with Crippen molar-refractivity contribution >= 4 is 5.91 Å². The van der Waals surface area contributed by atoms with E-state index in [1.165, 1.54) is 0 Å². The van der Waals surface area contributed by atoms with Gasteiger partial charge < -0.3 is 20.5 Å². The third kappa shape index (κ3) is 10.2. The molecule has 0 radical (unpaired) electrons. The van der Waals surface area contributed by atoms with Gasteiger partial charge in [-0.1, -0.05) is 0 Å². The van der Waals surface area contributed by atoms with Gasteiger partial charge in [0, 0.05) is 25.7 Å². The quantitative estimate of drug-likeness (QED) is 0.564. The maximum Gasteiger partial charge on any atom is 0.220 e. The highest BCUT2D eigenvalue weighted by atomic mass is 16.7. The van der Waals surface area contributed by atoms with E-state index in [2.05, 4.69) is 5.32 Å². The molecule has 0 bridgehead atoms. The Balaban J connectivity index is 3.64. The van der Waals surface area contributed by atoms with Crippen molar-refractivity contribution < 1.29 is 14.3 Å². The topological polar surface area (TPSA) is 73.6 Å². The maximum absolute atomic E-state index is 11.5. The molecule has 0 aromatic rings. The molecule has 0 aromatic carbocycles. The first-order valence-corrected chi connectivity index (χ1v) is 6.35. The number of carbonyl (C=O) groups is 1. The monoisotopic (exact) mass is 246 g/mol. The van der Waals surface area contributed by atoms with Crippen LogP contribution in [0, 0.1) is 0 Å². The third-order valence-electron chi connectivity index (χ3n) is 2.23. The third-order valence-corrected chi connectivity index (χ3v) is 2.23. The summed E-state index contributed by atoms with van der Waals surface area (Å²) in [7, 11) is 0. The lowest BCUT2D eigenvalue weighted by molar-refractivity contribution is -0.140. The SMILES string of the molecule is CCOC(CNC(=O)CCCC(C)N)OCC. The van der Waals surface area contributed by atoms with E-state index in [1.807, 2.05) is 20.8 Å². The zero-order valence-corrected chi connectivity index (χ0v) is 11.2. The first kappa shape index (κ1) is 16.4. The molecule has 1 amide bonds. The fourth-order valence-electron chi connectivity index (χ4n) is 1.41. The second kappa shape index (κ2) is 10.5. The predicted octanol–water partition coefficient (Wildman–Crippen LogP) is 1.02. The number of rotatable bonds is 10. The average molecular weight is 246 g/mol. The molecule has 17 heavy (non-hydrogen) atoms. The molecule has 5 nitrogen and oxygen atoms in total. The summed E-state index contributed by atoms with van der Waals surface area (Å²) in [5.41, 5.74) is 5.61. The van der Waals surface area contributed by atoms with Crippen molar-refractivity contribution in [1.82, 2.24) is 5.32 Å². The van der Waals surface area contributed by atoms with E-state index in [9.17, 15) is 4.79 Å². The Morgan fingerprint density at radius 3 is 2.35 bits per heavy atom. The highest BCUT2D eigenvalue weighted by molar-refractivity contribution is 5.75. The van der Waals surface area contributed by atoms with Gasteiger partial charge in [-0.15, -0.1) is 0 Å². The summed E-state index contributed by atoms with van der Waals surface area (Å²) in [5, 5.41) is 2.80. The zero-order chi connectivity index (χ0) is 13.1. The Hall–Kier alpha value is -0.650. The summed E-state index contributed by atoms with van der Waals surface area (Å²) in [6, 6.07) is 0.155.